The molecule has 0 spiro atoms. The Labute approximate surface area is 399 Å². The molecule has 6 rings (SSSR count). The Hall–Kier alpha value is -6.36. The number of rotatable bonds is 23. The van der Waals surface area contributed by atoms with E-state index in [2.05, 4.69) is 5.32 Å². The van der Waals surface area contributed by atoms with Crippen LogP contribution < -0.4 is 24.3 Å². The lowest BCUT2D eigenvalue weighted by molar-refractivity contribution is -0.143. The lowest BCUT2D eigenvalue weighted by atomic mass is 9.92. The molecular formula is C51H47Cl2F4NO10. The fourth-order valence-electron chi connectivity index (χ4n) is 7.35. The molecule has 2 atom stereocenters. The molecule has 6 aromatic rings. The van der Waals surface area contributed by atoms with Gasteiger partial charge in [0.2, 0.25) is 0 Å². The summed E-state index contributed by atoms with van der Waals surface area (Å²) in [5, 5.41) is 41.1. The van der Waals surface area contributed by atoms with E-state index in [4.69, 9.17) is 42.1 Å². The Balaban J connectivity index is 1.21. The van der Waals surface area contributed by atoms with Gasteiger partial charge in [-0.1, -0.05) is 59.6 Å². The standard InChI is InChI=1S/C51H47Cl2F4NO10/c1-28-34(26-67-48-19-46(65-24-30-11-37(54)17-38(55)12-30)32(15-43(48)52)9-10-33(22-59)50(61)62)5-3-7-41(28)42-8-4-6-35(29(42)2)27-68-49-20-47(66-25-31-13-39(56)18-40(57)14-31)36(16-44(49)53)21-58-45(23-60)51(63)64/h3-8,11-20,33,45,58-60H,9-10,21-27H2,1-2H3,(H,61,62)(H,63,64)/t33-,45-/m0/s1. The third kappa shape index (κ3) is 13.4. The molecule has 0 bridgehead atoms. The van der Waals surface area contributed by atoms with Gasteiger partial charge in [0.15, 0.2) is 0 Å². The largest absolute Gasteiger partial charge is 0.488 e. The third-order valence-electron chi connectivity index (χ3n) is 11.2. The van der Waals surface area contributed by atoms with Gasteiger partial charge < -0.3 is 39.4 Å². The van der Waals surface area contributed by atoms with Crippen molar-refractivity contribution in [3.63, 3.8) is 0 Å². The number of aliphatic hydroxyl groups excluding tert-OH is 2. The van der Waals surface area contributed by atoms with Gasteiger partial charge in [0.1, 0.15) is 78.7 Å². The van der Waals surface area contributed by atoms with E-state index in [0.29, 0.717) is 11.1 Å². The number of carbonyl (C=O) groups is 2. The van der Waals surface area contributed by atoms with Gasteiger partial charge in [-0.05, 0) is 113 Å². The topological polar surface area (TPSA) is 164 Å². The zero-order chi connectivity index (χ0) is 49.1. The molecule has 6 aromatic carbocycles. The SMILES string of the molecule is Cc1c(COc2cc(OCc3cc(F)cc(F)c3)c(CC[C@@H](CO)C(=O)O)cc2Cl)cccc1-c1cccc(COc2cc(OCc3cc(F)cc(F)c3)c(CN[C@@H](CO)C(=O)O)cc2Cl)c1C. The number of aryl methyl sites for hydroxylation is 1. The van der Waals surface area contributed by atoms with Crippen LogP contribution in [0.15, 0.2) is 97.1 Å². The highest BCUT2D eigenvalue weighted by molar-refractivity contribution is 6.32. The number of carboxylic acid groups (broad SMARTS) is 2. The zero-order valence-corrected chi connectivity index (χ0v) is 38.3. The molecule has 11 nitrogen and oxygen atoms in total. The van der Waals surface area contributed by atoms with Gasteiger partial charge in [0, 0.05) is 36.4 Å². The molecule has 0 amide bonds. The summed E-state index contributed by atoms with van der Waals surface area (Å²) < 4.78 is 80.3. The van der Waals surface area contributed by atoms with Crippen LogP contribution in [0.4, 0.5) is 17.6 Å². The fraction of sp³-hybridized carbons (Fsp3) is 0.255. The first kappa shape index (κ1) is 51.0. The van der Waals surface area contributed by atoms with Crippen molar-refractivity contribution < 1.29 is 66.5 Å². The summed E-state index contributed by atoms with van der Waals surface area (Å²) in [6.07, 6.45) is 0.222. The second-order valence-corrected chi connectivity index (χ2v) is 16.7. The molecule has 0 fully saturated rings. The van der Waals surface area contributed by atoms with E-state index in [1.807, 2.05) is 50.2 Å². The Kier molecular flexibility index (Phi) is 17.7. The molecule has 0 radical (unpaired) electrons. The van der Waals surface area contributed by atoms with Crippen molar-refractivity contribution in [3.05, 3.63) is 175 Å². The Morgan fingerprint density at radius 3 is 1.43 bits per heavy atom. The number of aliphatic hydroxyl groups is 2. The van der Waals surface area contributed by atoms with Crippen molar-refractivity contribution in [2.45, 2.75) is 65.7 Å². The van der Waals surface area contributed by atoms with Crippen molar-refractivity contribution >= 4 is 35.1 Å². The molecule has 0 saturated heterocycles. The molecule has 0 heterocycles. The number of nitrogens with one attached hydrogen (secondary N) is 1. The number of aliphatic carboxylic acids is 2. The third-order valence-corrected chi connectivity index (χ3v) is 11.8. The molecular weight excluding hydrogens is 933 g/mol. The van der Waals surface area contributed by atoms with E-state index >= 15 is 0 Å². The quantitative estimate of drug-likeness (QED) is 0.0388. The van der Waals surface area contributed by atoms with E-state index in [1.165, 1.54) is 18.2 Å². The molecule has 0 unspecified atom stereocenters. The van der Waals surface area contributed by atoms with Crippen LogP contribution in [0, 0.1) is 43.0 Å². The number of hydrogen-bond acceptors (Lipinski definition) is 9. The minimum atomic E-state index is -1.28. The van der Waals surface area contributed by atoms with Crippen LogP contribution in [0.25, 0.3) is 11.1 Å². The fourth-order valence-corrected chi connectivity index (χ4v) is 7.83. The van der Waals surface area contributed by atoms with Crippen LogP contribution in [0.3, 0.4) is 0 Å². The molecule has 0 aliphatic rings. The first-order valence-corrected chi connectivity index (χ1v) is 21.9. The number of halogens is 6. The predicted octanol–water partition coefficient (Wildman–Crippen LogP) is 10.3. The molecule has 0 aromatic heterocycles. The summed E-state index contributed by atoms with van der Waals surface area (Å²) in [6.45, 7) is 2.22. The van der Waals surface area contributed by atoms with Crippen molar-refractivity contribution in [2.24, 2.45) is 5.92 Å². The Morgan fingerprint density at radius 2 is 1.00 bits per heavy atom. The van der Waals surface area contributed by atoms with E-state index in [9.17, 15) is 47.6 Å². The van der Waals surface area contributed by atoms with Gasteiger partial charge in [-0.25, -0.2) is 17.6 Å². The van der Waals surface area contributed by atoms with Crippen LogP contribution in [0.5, 0.6) is 23.0 Å². The highest BCUT2D eigenvalue weighted by Gasteiger charge is 2.21. The van der Waals surface area contributed by atoms with Gasteiger partial charge in [0.05, 0.1) is 29.2 Å². The molecule has 17 heteroatoms. The minimum Gasteiger partial charge on any atom is -0.488 e. The van der Waals surface area contributed by atoms with Crippen LogP contribution in [-0.2, 0) is 49.0 Å². The zero-order valence-electron chi connectivity index (χ0n) is 36.8. The maximum atomic E-state index is 14.0. The van der Waals surface area contributed by atoms with Crippen molar-refractivity contribution in [2.75, 3.05) is 13.2 Å². The summed E-state index contributed by atoms with van der Waals surface area (Å²) in [7, 11) is 0. The van der Waals surface area contributed by atoms with Crippen molar-refractivity contribution in [1.82, 2.24) is 5.32 Å². The summed E-state index contributed by atoms with van der Waals surface area (Å²) >= 11 is 13.4. The second-order valence-electron chi connectivity index (χ2n) is 15.9. The predicted molar refractivity (Wildman–Crippen MR) is 246 cm³/mol. The number of benzene rings is 6. The minimum absolute atomic E-state index is 0.0585. The van der Waals surface area contributed by atoms with E-state index in [1.54, 1.807) is 6.07 Å². The van der Waals surface area contributed by atoms with Gasteiger partial charge in [-0.3, -0.25) is 14.9 Å². The summed E-state index contributed by atoms with van der Waals surface area (Å²) in [4.78, 5) is 23.2. The highest BCUT2D eigenvalue weighted by Crippen LogP contribution is 2.38. The maximum absolute atomic E-state index is 14.0. The average molecular weight is 981 g/mol. The highest BCUT2D eigenvalue weighted by atomic mass is 35.5. The van der Waals surface area contributed by atoms with Crippen LogP contribution in [0.1, 0.15) is 50.9 Å². The number of ether oxygens (including phenoxy) is 4. The first-order chi connectivity index (χ1) is 32.5. The Bertz CT molecular complexity index is 2550. The second kappa shape index (κ2) is 23.6. The summed E-state index contributed by atoms with van der Waals surface area (Å²) in [6, 6.07) is 22.3. The summed E-state index contributed by atoms with van der Waals surface area (Å²) in [5.41, 5.74) is 6.54. The molecule has 68 heavy (non-hydrogen) atoms. The van der Waals surface area contributed by atoms with Gasteiger partial charge in [-0.15, -0.1) is 0 Å². The maximum Gasteiger partial charge on any atom is 0.323 e. The number of hydrogen-bond donors (Lipinski definition) is 5. The molecule has 358 valence electrons. The van der Waals surface area contributed by atoms with Gasteiger partial charge in [-0.2, -0.15) is 0 Å². The van der Waals surface area contributed by atoms with E-state index < -0.39 is 60.4 Å². The van der Waals surface area contributed by atoms with E-state index in [-0.39, 0.29) is 90.0 Å². The lowest BCUT2D eigenvalue weighted by Crippen LogP contribution is -2.39. The van der Waals surface area contributed by atoms with E-state index in [0.717, 1.165) is 69.8 Å². The van der Waals surface area contributed by atoms with Gasteiger partial charge >= 0.3 is 11.9 Å². The Morgan fingerprint density at radius 1 is 0.559 bits per heavy atom. The normalized spacial score (nSPS) is 12.1. The smallest absolute Gasteiger partial charge is 0.323 e. The monoisotopic (exact) mass is 979 g/mol. The van der Waals surface area contributed by atoms with Crippen molar-refractivity contribution in [1.29, 1.82) is 0 Å². The van der Waals surface area contributed by atoms with Crippen LogP contribution in [0.2, 0.25) is 10.0 Å². The molecule has 0 saturated carbocycles. The molecule has 0 aliphatic carbocycles. The molecule has 5 N–H and O–H groups in total. The van der Waals surface area contributed by atoms with Crippen LogP contribution in [-0.4, -0.2) is 51.6 Å². The lowest BCUT2D eigenvalue weighted by Gasteiger charge is -2.19. The summed E-state index contributed by atoms with van der Waals surface area (Å²) in [5.74, 6) is -5.70. The first-order valence-electron chi connectivity index (χ1n) is 21.2. The van der Waals surface area contributed by atoms with Gasteiger partial charge in [0.25, 0.3) is 0 Å². The van der Waals surface area contributed by atoms with Crippen molar-refractivity contribution in [3.8, 4) is 34.1 Å². The van der Waals surface area contributed by atoms with Crippen LogP contribution >= 0.6 is 23.2 Å². The molecule has 0 aliphatic heterocycles. The average Bonchev–Trinajstić information content (AvgIpc) is 3.28. The number of carboxylic acids is 2.